The molecule has 1 aromatic heterocycles. The fourth-order valence-electron chi connectivity index (χ4n) is 2.84. The van der Waals surface area contributed by atoms with E-state index in [0.29, 0.717) is 34.1 Å². The van der Waals surface area contributed by atoms with E-state index in [-0.39, 0.29) is 18.2 Å². The van der Waals surface area contributed by atoms with Crippen LogP contribution >= 0.6 is 23.4 Å². The van der Waals surface area contributed by atoms with Crippen LogP contribution in [0.15, 0.2) is 17.3 Å². The Morgan fingerprint density at radius 2 is 2.14 bits per heavy atom. The minimum atomic E-state index is -0.445. The van der Waals surface area contributed by atoms with Crippen molar-refractivity contribution in [2.45, 2.75) is 56.0 Å². The average molecular weight is 438 g/mol. The van der Waals surface area contributed by atoms with Crippen molar-refractivity contribution < 1.29 is 14.3 Å². The topological polar surface area (TPSA) is 112 Å². The zero-order valence-electron chi connectivity index (χ0n) is 16.6. The number of carbonyl (C=O) groups excluding carboxylic acids is 2. The number of hydrogen-bond acceptors (Lipinski definition) is 6. The van der Waals surface area contributed by atoms with Gasteiger partial charge in [0, 0.05) is 30.0 Å². The van der Waals surface area contributed by atoms with Crippen LogP contribution in [0.3, 0.4) is 0 Å². The van der Waals surface area contributed by atoms with Crippen molar-refractivity contribution in [2.75, 3.05) is 12.4 Å². The van der Waals surface area contributed by atoms with Crippen molar-refractivity contribution in [3.63, 3.8) is 0 Å². The van der Waals surface area contributed by atoms with Crippen molar-refractivity contribution >= 4 is 40.9 Å². The number of hydrogen-bond donors (Lipinski definition) is 2. The van der Waals surface area contributed by atoms with E-state index in [4.69, 9.17) is 22.1 Å². The summed E-state index contributed by atoms with van der Waals surface area (Å²) < 4.78 is 7.22. The molecule has 1 unspecified atom stereocenters. The van der Waals surface area contributed by atoms with Gasteiger partial charge >= 0.3 is 0 Å². The first-order valence-electron chi connectivity index (χ1n) is 9.33. The van der Waals surface area contributed by atoms with E-state index in [1.54, 1.807) is 19.1 Å². The molecule has 0 spiro atoms. The molecule has 8 nitrogen and oxygen atoms in total. The van der Waals surface area contributed by atoms with E-state index in [2.05, 4.69) is 15.5 Å². The van der Waals surface area contributed by atoms with Crippen LogP contribution in [0.2, 0.25) is 5.02 Å². The Labute approximate surface area is 178 Å². The number of primary amides is 1. The first-order chi connectivity index (χ1) is 13.8. The second kappa shape index (κ2) is 9.04. The highest BCUT2D eigenvalue weighted by Gasteiger charge is 2.31. The predicted octanol–water partition coefficient (Wildman–Crippen LogP) is 3.12. The van der Waals surface area contributed by atoms with Gasteiger partial charge in [-0.15, -0.1) is 10.2 Å². The molecule has 3 N–H and O–H groups in total. The number of halogens is 1. The molecule has 0 aliphatic heterocycles. The van der Waals surface area contributed by atoms with Gasteiger partial charge in [-0.25, -0.2) is 0 Å². The van der Waals surface area contributed by atoms with Gasteiger partial charge in [0.2, 0.25) is 11.8 Å². The number of thioether (sulfide) groups is 1. The number of nitrogens with two attached hydrogens (primary N) is 1. The monoisotopic (exact) mass is 437 g/mol. The summed E-state index contributed by atoms with van der Waals surface area (Å²) in [5.41, 5.74) is 6.69. The Bertz CT molecular complexity index is 929. The highest BCUT2D eigenvalue weighted by Crippen LogP contribution is 2.40. The molecule has 156 valence electrons. The van der Waals surface area contributed by atoms with Gasteiger partial charge in [0.25, 0.3) is 0 Å². The number of anilines is 1. The first kappa shape index (κ1) is 21.4. The van der Waals surface area contributed by atoms with Gasteiger partial charge in [0.1, 0.15) is 11.6 Å². The summed E-state index contributed by atoms with van der Waals surface area (Å²) in [5.74, 6) is 1.14. The number of amides is 2. The molecule has 10 heteroatoms. The predicted molar refractivity (Wildman–Crippen MR) is 112 cm³/mol. The molecular weight excluding hydrogens is 414 g/mol. The number of nitrogens with zero attached hydrogens (tertiary/aromatic N) is 3. The van der Waals surface area contributed by atoms with Crippen LogP contribution in [-0.4, -0.2) is 38.9 Å². The molecule has 2 aromatic rings. The first-order valence-corrected chi connectivity index (χ1v) is 10.6. The fraction of sp³-hybridized carbons (Fsp3) is 0.474. The molecule has 1 heterocycles. The maximum atomic E-state index is 12.8. The van der Waals surface area contributed by atoms with Gasteiger partial charge in [-0.3, -0.25) is 9.59 Å². The maximum absolute atomic E-state index is 12.8. The second-order valence-corrected chi connectivity index (χ2v) is 8.75. The summed E-state index contributed by atoms with van der Waals surface area (Å²) in [6, 6.07) is 3.45. The maximum Gasteiger partial charge on any atom is 0.237 e. The molecule has 0 bridgehead atoms. The number of nitrogens with one attached hydrogen (secondary N) is 1. The third-order valence-electron chi connectivity index (χ3n) is 4.66. The number of benzene rings is 1. The van der Waals surface area contributed by atoms with Crippen LogP contribution in [0.25, 0.3) is 0 Å². The molecule has 0 saturated heterocycles. The standard InChI is InChI=1S/C19H24ClN5O3S/c1-10-8-14(15(28-3)9-13(10)20)22-18(27)11(2)29-19-24-23-17(12-4-5-12)25(19)7-6-16(21)26/h8-9,11-12H,4-7H2,1-3H3,(H2,21,26)(H,22,27). The smallest absolute Gasteiger partial charge is 0.237 e. The highest BCUT2D eigenvalue weighted by atomic mass is 35.5. The van der Waals surface area contributed by atoms with Crippen molar-refractivity contribution in [3.8, 4) is 5.75 Å². The van der Waals surface area contributed by atoms with Crippen LogP contribution in [0.4, 0.5) is 5.69 Å². The van der Waals surface area contributed by atoms with E-state index < -0.39 is 5.25 Å². The van der Waals surface area contributed by atoms with E-state index in [1.807, 2.05) is 11.5 Å². The van der Waals surface area contributed by atoms with Gasteiger partial charge in [0.15, 0.2) is 5.16 Å². The van der Waals surface area contributed by atoms with Crippen molar-refractivity contribution in [1.29, 1.82) is 0 Å². The SMILES string of the molecule is COc1cc(Cl)c(C)cc1NC(=O)C(C)Sc1nnc(C2CC2)n1CCC(N)=O. The Hall–Kier alpha value is -2.26. The summed E-state index contributed by atoms with van der Waals surface area (Å²) in [4.78, 5) is 24.0. The number of methoxy groups -OCH3 is 1. The Morgan fingerprint density at radius 1 is 1.41 bits per heavy atom. The molecule has 1 aromatic carbocycles. The lowest BCUT2D eigenvalue weighted by Gasteiger charge is -2.16. The third-order valence-corrected chi connectivity index (χ3v) is 6.15. The highest BCUT2D eigenvalue weighted by molar-refractivity contribution is 8.00. The van der Waals surface area contributed by atoms with Crippen LogP contribution in [0.5, 0.6) is 5.75 Å². The second-order valence-electron chi connectivity index (χ2n) is 7.03. The molecule has 3 rings (SSSR count). The minimum absolute atomic E-state index is 0.201. The molecule has 0 radical (unpaired) electrons. The van der Waals surface area contributed by atoms with E-state index >= 15 is 0 Å². The fourth-order valence-corrected chi connectivity index (χ4v) is 3.87. The molecule has 1 aliphatic rings. The Kier molecular flexibility index (Phi) is 6.69. The lowest BCUT2D eigenvalue weighted by molar-refractivity contribution is -0.118. The summed E-state index contributed by atoms with van der Waals surface area (Å²) in [6.07, 6.45) is 2.32. The molecule has 1 aliphatic carbocycles. The number of carbonyl (C=O) groups is 2. The van der Waals surface area contributed by atoms with Crippen LogP contribution in [0, 0.1) is 6.92 Å². The normalized spacial score (nSPS) is 14.5. The number of ether oxygens (including phenoxy) is 1. The molecule has 1 fully saturated rings. The van der Waals surface area contributed by atoms with Gasteiger partial charge in [0.05, 0.1) is 18.0 Å². The zero-order valence-corrected chi connectivity index (χ0v) is 18.1. The number of aromatic nitrogens is 3. The van der Waals surface area contributed by atoms with Gasteiger partial charge < -0.3 is 20.4 Å². The Morgan fingerprint density at radius 3 is 2.76 bits per heavy atom. The van der Waals surface area contributed by atoms with Gasteiger partial charge in [-0.05, 0) is 38.3 Å². The lowest BCUT2D eigenvalue weighted by Crippen LogP contribution is -2.23. The summed E-state index contributed by atoms with van der Waals surface area (Å²) in [7, 11) is 1.52. The van der Waals surface area contributed by atoms with Crippen LogP contribution < -0.4 is 15.8 Å². The molecular formula is C19H24ClN5O3S. The van der Waals surface area contributed by atoms with E-state index in [0.717, 1.165) is 24.2 Å². The molecule has 1 atom stereocenters. The van der Waals surface area contributed by atoms with Crippen LogP contribution in [0.1, 0.15) is 43.5 Å². The summed E-state index contributed by atoms with van der Waals surface area (Å²) in [6.45, 7) is 4.06. The summed E-state index contributed by atoms with van der Waals surface area (Å²) >= 11 is 7.42. The Balaban J connectivity index is 1.73. The minimum Gasteiger partial charge on any atom is -0.495 e. The van der Waals surface area contributed by atoms with Crippen molar-refractivity contribution in [1.82, 2.24) is 14.8 Å². The summed E-state index contributed by atoms with van der Waals surface area (Å²) in [5, 5.41) is 12.1. The van der Waals surface area contributed by atoms with Gasteiger partial charge in [-0.2, -0.15) is 0 Å². The average Bonchev–Trinajstić information content (AvgIpc) is 3.44. The van der Waals surface area contributed by atoms with Crippen LogP contribution in [-0.2, 0) is 16.1 Å². The van der Waals surface area contributed by atoms with E-state index in [9.17, 15) is 9.59 Å². The van der Waals surface area contributed by atoms with Crippen molar-refractivity contribution in [3.05, 3.63) is 28.5 Å². The molecule has 2 amide bonds. The zero-order chi connectivity index (χ0) is 21.1. The molecule has 1 saturated carbocycles. The molecule has 29 heavy (non-hydrogen) atoms. The number of aryl methyl sites for hydroxylation is 1. The quantitative estimate of drug-likeness (QED) is 0.583. The van der Waals surface area contributed by atoms with Gasteiger partial charge in [-0.1, -0.05) is 23.4 Å². The largest absolute Gasteiger partial charge is 0.495 e. The number of rotatable bonds is 9. The van der Waals surface area contributed by atoms with Crippen molar-refractivity contribution in [2.24, 2.45) is 5.73 Å². The lowest BCUT2D eigenvalue weighted by atomic mass is 10.2. The third kappa shape index (κ3) is 5.22. The van der Waals surface area contributed by atoms with E-state index in [1.165, 1.54) is 18.9 Å².